The molecule has 1 aromatic carbocycles. The lowest BCUT2D eigenvalue weighted by Gasteiger charge is -2.35. The summed E-state index contributed by atoms with van der Waals surface area (Å²) in [6.45, 7) is 5.06. The summed E-state index contributed by atoms with van der Waals surface area (Å²) in [7, 11) is 1.65. The van der Waals surface area contributed by atoms with Gasteiger partial charge in [0.25, 0.3) is 0 Å². The summed E-state index contributed by atoms with van der Waals surface area (Å²) in [6.07, 6.45) is 2.89. The van der Waals surface area contributed by atoms with E-state index in [4.69, 9.17) is 4.74 Å². The van der Waals surface area contributed by atoms with Crippen LogP contribution in [0.25, 0.3) is 0 Å². The van der Waals surface area contributed by atoms with Crippen molar-refractivity contribution in [2.24, 2.45) is 0 Å². The van der Waals surface area contributed by atoms with Gasteiger partial charge in [0, 0.05) is 44.4 Å². The molecule has 6 heteroatoms. The van der Waals surface area contributed by atoms with Crippen molar-refractivity contribution in [1.82, 2.24) is 14.9 Å². The Morgan fingerprint density at radius 3 is 2.48 bits per heavy atom. The molecule has 0 saturated carbocycles. The molecule has 0 unspecified atom stereocenters. The summed E-state index contributed by atoms with van der Waals surface area (Å²) in [4.78, 5) is 25.1. The van der Waals surface area contributed by atoms with E-state index >= 15 is 0 Å². The van der Waals surface area contributed by atoms with Gasteiger partial charge in [-0.15, -0.1) is 0 Å². The lowest BCUT2D eigenvalue weighted by Crippen LogP contribution is -2.49. The lowest BCUT2D eigenvalue weighted by atomic mass is 10.1. The highest BCUT2D eigenvalue weighted by Crippen LogP contribution is 2.16. The first-order valence-corrected chi connectivity index (χ1v) is 8.60. The van der Waals surface area contributed by atoms with Crippen molar-refractivity contribution in [2.45, 2.75) is 19.8 Å². The Morgan fingerprint density at radius 1 is 1.12 bits per heavy atom. The van der Waals surface area contributed by atoms with E-state index in [0.717, 1.165) is 55.4 Å². The number of hydrogen-bond acceptors (Lipinski definition) is 5. The molecule has 132 valence electrons. The fraction of sp³-hybridized carbons (Fsp3) is 0.421. The number of benzene rings is 1. The summed E-state index contributed by atoms with van der Waals surface area (Å²) >= 11 is 0. The third-order valence-electron chi connectivity index (χ3n) is 4.53. The highest BCUT2D eigenvalue weighted by molar-refractivity contribution is 5.76. The van der Waals surface area contributed by atoms with Crippen molar-refractivity contribution in [3.05, 3.63) is 47.9 Å². The first-order chi connectivity index (χ1) is 12.2. The number of aryl methyl sites for hydroxylation is 2. The Bertz CT molecular complexity index is 710. The maximum atomic E-state index is 12.4. The number of aromatic nitrogens is 2. The van der Waals surface area contributed by atoms with Crippen LogP contribution in [-0.4, -0.2) is 54.1 Å². The lowest BCUT2D eigenvalue weighted by molar-refractivity contribution is -0.131. The van der Waals surface area contributed by atoms with Crippen LogP contribution >= 0.6 is 0 Å². The van der Waals surface area contributed by atoms with Crippen LogP contribution in [0.4, 0.5) is 5.82 Å². The molecule has 0 bridgehead atoms. The molecule has 1 aromatic heterocycles. The Balaban J connectivity index is 1.48. The molecule has 2 heterocycles. The van der Waals surface area contributed by atoms with Crippen molar-refractivity contribution < 1.29 is 9.53 Å². The first-order valence-electron chi connectivity index (χ1n) is 8.60. The fourth-order valence-corrected chi connectivity index (χ4v) is 3.00. The van der Waals surface area contributed by atoms with E-state index in [-0.39, 0.29) is 5.91 Å². The van der Waals surface area contributed by atoms with Crippen LogP contribution in [0.3, 0.4) is 0 Å². The zero-order valence-corrected chi connectivity index (χ0v) is 14.8. The summed E-state index contributed by atoms with van der Waals surface area (Å²) in [5.74, 6) is 2.00. The molecular formula is C19H24N4O2. The average Bonchev–Trinajstić information content (AvgIpc) is 2.66. The van der Waals surface area contributed by atoms with Gasteiger partial charge in [-0.1, -0.05) is 12.1 Å². The SMILES string of the molecule is COc1ccc(CCC(=O)N2CCN(c3cc(C)ncn3)CC2)cc1. The number of hydrogen-bond donors (Lipinski definition) is 0. The van der Waals surface area contributed by atoms with Crippen LogP contribution in [0.5, 0.6) is 5.75 Å². The van der Waals surface area contributed by atoms with Crippen molar-refractivity contribution in [2.75, 3.05) is 38.2 Å². The largest absolute Gasteiger partial charge is 0.497 e. The minimum atomic E-state index is 0.217. The summed E-state index contributed by atoms with van der Waals surface area (Å²) in [5.41, 5.74) is 2.12. The van der Waals surface area contributed by atoms with Gasteiger partial charge in [-0.2, -0.15) is 0 Å². The van der Waals surface area contributed by atoms with Gasteiger partial charge in [-0.3, -0.25) is 4.79 Å². The van der Waals surface area contributed by atoms with Gasteiger partial charge in [0.15, 0.2) is 0 Å². The summed E-state index contributed by atoms with van der Waals surface area (Å²) in [5, 5.41) is 0. The standard InChI is InChI=1S/C19H24N4O2/c1-15-13-18(21-14-20-15)22-9-11-23(12-10-22)19(24)8-5-16-3-6-17(25-2)7-4-16/h3-4,6-7,13-14H,5,8-12H2,1-2H3. The molecule has 1 saturated heterocycles. The number of piperazine rings is 1. The van der Waals surface area contributed by atoms with Crippen molar-refractivity contribution in [1.29, 1.82) is 0 Å². The summed E-state index contributed by atoms with van der Waals surface area (Å²) < 4.78 is 5.15. The molecule has 1 fully saturated rings. The van der Waals surface area contributed by atoms with Gasteiger partial charge in [-0.05, 0) is 31.0 Å². The molecule has 0 aliphatic carbocycles. The van der Waals surface area contributed by atoms with Crippen LogP contribution in [0.15, 0.2) is 36.7 Å². The molecule has 3 rings (SSSR count). The van der Waals surface area contributed by atoms with Crippen LogP contribution < -0.4 is 9.64 Å². The highest BCUT2D eigenvalue weighted by Gasteiger charge is 2.21. The molecule has 1 amide bonds. The van der Waals surface area contributed by atoms with Gasteiger partial charge in [0.2, 0.25) is 5.91 Å². The van der Waals surface area contributed by atoms with Crippen LogP contribution in [-0.2, 0) is 11.2 Å². The van der Waals surface area contributed by atoms with E-state index in [2.05, 4.69) is 14.9 Å². The maximum Gasteiger partial charge on any atom is 0.223 e. The molecule has 0 N–H and O–H groups in total. The van der Waals surface area contributed by atoms with E-state index < -0.39 is 0 Å². The number of anilines is 1. The number of carbonyl (C=O) groups is 1. The minimum Gasteiger partial charge on any atom is -0.497 e. The van der Waals surface area contributed by atoms with E-state index in [1.807, 2.05) is 42.2 Å². The van der Waals surface area contributed by atoms with Crippen molar-refractivity contribution in [3.8, 4) is 5.75 Å². The van der Waals surface area contributed by atoms with E-state index in [1.165, 1.54) is 0 Å². The van der Waals surface area contributed by atoms with E-state index in [9.17, 15) is 4.79 Å². The second-order valence-electron chi connectivity index (χ2n) is 6.23. The molecular weight excluding hydrogens is 316 g/mol. The third-order valence-corrected chi connectivity index (χ3v) is 4.53. The molecule has 0 spiro atoms. The molecule has 1 aliphatic rings. The number of rotatable bonds is 5. The van der Waals surface area contributed by atoms with Gasteiger partial charge in [0.05, 0.1) is 7.11 Å². The molecule has 1 aliphatic heterocycles. The topological polar surface area (TPSA) is 58.6 Å². The predicted molar refractivity (Wildman–Crippen MR) is 96.9 cm³/mol. The number of carbonyl (C=O) groups excluding carboxylic acids is 1. The van der Waals surface area contributed by atoms with Gasteiger partial charge in [-0.25, -0.2) is 9.97 Å². The fourth-order valence-electron chi connectivity index (χ4n) is 3.00. The second-order valence-corrected chi connectivity index (χ2v) is 6.23. The van der Waals surface area contributed by atoms with E-state index in [1.54, 1.807) is 13.4 Å². The average molecular weight is 340 g/mol. The minimum absolute atomic E-state index is 0.217. The first kappa shape index (κ1) is 17.2. The molecule has 2 aromatic rings. The normalized spacial score (nSPS) is 14.5. The van der Waals surface area contributed by atoms with Gasteiger partial charge in [0.1, 0.15) is 17.9 Å². The molecule has 0 radical (unpaired) electrons. The van der Waals surface area contributed by atoms with Crippen LogP contribution in [0, 0.1) is 6.92 Å². The van der Waals surface area contributed by atoms with Crippen LogP contribution in [0.1, 0.15) is 17.7 Å². The van der Waals surface area contributed by atoms with Gasteiger partial charge >= 0.3 is 0 Å². The third kappa shape index (κ3) is 4.47. The molecule has 25 heavy (non-hydrogen) atoms. The zero-order valence-electron chi connectivity index (χ0n) is 14.8. The van der Waals surface area contributed by atoms with E-state index in [0.29, 0.717) is 6.42 Å². The molecule has 6 nitrogen and oxygen atoms in total. The monoisotopic (exact) mass is 340 g/mol. The van der Waals surface area contributed by atoms with Crippen LogP contribution in [0.2, 0.25) is 0 Å². The Morgan fingerprint density at radius 2 is 1.84 bits per heavy atom. The maximum absolute atomic E-state index is 12.4. The number of methoxy groups -OCH3 is 1. The summed E-state index contributed by atoms with van der Waals surface area (Å²) in [6, 6.07) is 9.88. The smallest absolute Gasteiger partial charge is 0.223 e. The number of ether oxygens (including phenoxy) is 1. The number of amides is 1. The predicted octanol–water partition coefficient (Wildman–Crippen LogP) is 2.08. The Labute approximate surface area is 148 Å². The number of nitrogens with zero attached hydrogens (tertiary/aromatic N) is 4. The highest BCUT2D eigenvalue weighted by atomic mass is 16.5. The van der Waals surface area contributed by atoms with Crippen molar-refractivity contribution >= 4 is 11.7 Å². The second kappa shape index (κ2) is 7.96. The Hall–Kier alpha value is -2.63. The van der Waals surface area contributed by atoms with Gasteiger partial charge < -0.3 is 14.5 Å². The zero-order chi connectivity index (χ0) is 17.6. The Kier molecular flexibility index (Phi) is 5.48. The molecule has 0 atom stereocenters. The van der Waals surface area contributed by atoms with Crippen molar-refractivity contribution in [3.63, 3.8) is 0 Å². The quantitative estimate of drug-likeness (QED) is 0.834.